The second-order valence-electron chi connectivity index (χ2n) is 7.59. The van der Waals surface area contributed by atoms with Gasteiger partial charge in [-0.25, -0.2) is 8.78 Å². The van der Waals surface area contributed by atoms with Crippen molar-refractivity contribution in [2.45, 2.75) is 56.8 Å². The molecular formula is C20H28F2N2O. The van der Waals surface area contributed by atoms with Crippen LogP contribution >= 0.6 is 0 Å². The van der Waals surface area contributed by atoms with E-state index in [0.717, 1.165) is 58.0 Å². The fourth-order valence-corrected chi connectivity index (χ4v) is 4.43. The second kappa shape index (κ2) is 8.26. The first-order valence-electron chi connectivity index (χ1n) is 9.53. The van der Waals surface area contributed by atoms with Crippen molar-refractivity contribution < 1.29 is 13.6 Å². The van der Waals surface area contributed by atoms with Crippen molar-refractivity contribution >= 4 is 5.91 Å². The molecule has 3 nitrogen and oxygen atoms in total. The third-order valence-electron chi connectivity index (χ3n) is 5.92. The highest BCUT2D eigenvalue weighted by Crippen LogP contribution is 2.42. The standard InChI is InChI=1S/C20H28F2N2O/c21-16-4-3-5-17(22)19(16)20(10-1-2-11-20)14-24-18(25)7-6-15-8-12-23-13-9-15/h3-5,15,23H,1-2,6-14H2,(H,24,25). The lowest BCUT2D eigenvalue weighted by Crippen LogP contribution is -2.40. The quantitative estimate of drug-likeness (QED) is 0.822. The van der Waals surface area contributed by atoms with Crippen LogP contribution in [-0.4, -0.2) is 25.5 Å². The van der Waals surface area contributed by atoms with Crippen LogP contribution in [0.5, 0.6) is 0 Å². The van der Waals surface area contributed by atoms with Crippen molar-refractivity contribution in [3.05, 3.63) is 35.4 Å². The maximum Gasteiger partial charge on any atom is 0.220 e. The Hall–Kier alpha value is -1.49. The molecule has 0 radical (unpaired) electrons. The number of benzene rings is 1. The van der Waals surface area contributed by atoms with Crippen molar-refractivity contribution in [3.63, 3.8) is 0 Å². The molecule has 0 spiro atoms. The maximum atomic E-state index is 14.3. The van der Waals surface area contributed by atoms with Gasteiger partial charge in [-0.2, -0.15) is 0 Å². The van der Waals surface area contributed by atoms with E-state index in [1.807, 2.05) is 0 Å². The van der Waals surface area contributed by atoms with E-state index >= 15 is 0 Å². The number of piperidine rings is 1. The molecule has 1 aromatic rings. The SMILES string of the molecule is O=C(CCC1CCNCC1)NCC1(c2c(F)cccc2F)CCCC1. The van der Waals surface area contributed by atoms with E-state index in [9.17, 15) is 13.6 Å². The molecule has 1 saturated carbocycles. The molecule has 2 fully saturated rings. The van der Waals surface area contributed by atoms with Crippen molar-refractivity contribution in [2.75, 3.05) is 19.6 Å². The van der Waals surface area contributed by atoms with Gasteiger partial charge in [0.1, 0.15) is 11.6 Å². The smallest absolute Gasteiger partial charge is 0.220 e. The van der Waals surface area contributed by atoms with Crippen molar-refractivity contribution in [1.29, 1.82) is 0 Å². The van der Waals surface area contributed by atoms with Gasteiger partial charge in [0.15, 0.2) is 0 Å². The summed E-state index contributed by atoms with van der Waals surface area (Å²) in [6, 6.07) is 4.03. The Morgan fingerprint density at radius 3 is 2.44 bits per heavy atom. The normalized spacial score (nSPS) is 20.6. The number of carbonyl (C=O) groups is 1. The number of hydrogen-bond acceptors (Lipinski definition) is 2. The summed E-state index contributed by atoms with van der Waals surface area (Å²) in [5, 5.41) is 6.30. The third-order valence-corrected chi connectivity index (χ3v) is 5.92. The molecule has 2 N–H and O–H groups in total. The Morgan fingerprint density at radius 1 is 1.16 bits per heavy atom. The molecule has 138 valence electrons. The van der Waals surface area contributed by atoms with Crippen LogP contribution < -0.4 is 10.6 Å². The third kappa shape index (κ3) is 4.38. The van der Waals surface area contributed by atoms with Gasteiger partial charge in [0.2, 0.25) is 5.91 Å². The predicted octanol–water partition coefficient (Wildman–Crippen LogP) is 3.67. The van der Waals surface area contributed by atoms with Crippen molar-refractivity contribution in [1.82, 2.24) is 10.6 Å². The molecule has 0 atom stereocenters. The summed E-state index contributed by atoms with van der Waals surface area (Å²) in [5.74, 6) is -0.380. The van der Waals surface area contributed by atoms with E-state index < -0.39 is 17.0 Å². The Kier molecular flexibility index (Phi) is 6.05. The molecule has 0 bridgehead atoms. The van der Waals surface area contributed by atoms with Crippen molar-refractivity contribution in [2.24, 2.45) is 5.92 Å². The van der Waals surface area contributed by atoms with Crippen LogP contribution in [0.15, 0.2) is 18.2 Å². The largest absolute Gasteiger partial charge is 0.355 e. The van der Waals surface area contributed by atoms with Gasteiger partial charge in [-0.15, -0.1) is 0 Å². The predicted molar refractivity (Wildman–Crippen MR) is 94.3 cm³/mol. The van der Waals surface area contributed by atoms with E-state index in [2.05, 4.69) is 10.6 Å². The minimum Gasteiger partial charge on any atom is -0.355 e. The lowest BCUT2D eigenvalue weighted by Gasteiger charge is -2.31. The molecule has 0 unspecified atom stereocenters. The number of nitrogens with one attached hydrogen (secondary N) is 2. The minimum absolute atomic E-state index is 0.00144. The molecule has 1 aromatic carbocycles. The van der Waals surface area contributed by atoms with Gasteiger partial charge in [-0.05, 0) is 63.2 Å². The van der Waals surface area contributed by atoms with Crippen LogP contribution in [-0.2, 0) is 10.2 Å². The van der Waals surface area contributed by atoms with Gasteiger partial charge in [-0.3, -0.25) is 4.79 Å². The number of halogens is 2. The van der Waals surface area contributed by atoms with Gasteiger partial charge in [0.25, 0.3) is 0 Å². The zero-order valence-corrected chi connectivity index (χ0v) is 14.8. The molecule has 5 heteroatoms. The summed E-state index contributed by atoms with van der Waals surface area (Å²) in [5.41, 5.74) is -0.439. The molecule has 1 aliphatic heterocycles. The fourth-order valence-electron chi connectivity index (χ4n) is 4.43. The van der Waals surface area contributed by atoms with Gasteiger partial charge in [-0.1, -0.05) is 18.9 Å². The zero-order chi connectivity index (χ0) is 17.7. The topological polar surface area (TPSA) is 41.1 Å². The molecule has 25 heavy (non-hydrogen) atoms. The average Bonchev–Trinajstić information content (AvgIpc) is 3.09. The van der Waals surface area contributed by atoms with Gasteiger partial charge in [0, 0.05) is 23.9 Å². The van der Waals surface area contributed by atoms with E-state index in [0.29, 0.717) is 18.9 Å². The van der Waals surface area contributed by atoms with E-state index in [4.69, 9.17) is 0 Å². The van der Waals surface area contributed by atoms with E-state index in [-0.39, 0.29) is 11.5 Å². The Labute approximate surface area is 148 Å². The van der Waals surface area contributed by atoms with Crippen LogP contribution in [0.2, 0.25) is 0 Å². The highest BCUT2D eigenvalue weighted by Gasteiger charge is 2.40. The minimum atomic E-state index is -0.597. The summed E-state index contributed by atoms with van der Waals surface area (Å²) in [7, 11) is 0. The first kappa shape index (κ1) is 18.3. The van der Waals surface area contributed by atoms with Crippen LogP contribution in [0, 0.1) is 17.6 Å². The molecule has 1 heterocycles. The number of hydrogen-bond donors (Lipinski definition) is 2. The summed E-state index contributed by atoms with van der Waals surface area (Å²) < 4.78 is 28.6. The fraction of sp³-hybridized carbons (Fsp3) is 0.650. The summed E-state index contributed by atoms with van der Waals surface area (Å²) in [6.07, 6.45) is 6.97. The number of carbonyl (C=O) groups excluding carboxylic acids is 1. The number of rotatable bonds is 6. The Morgan fingerprint density at radius 2 is 1.80 bits per heavy atom. The summed E-state index contributed by atoms with van der Waals surface area (Å²) in [4.78, 5) is 12.3. The Bertz CT molecular complexity index is 573. The molecule has 1 amide bonds. The van der Waals surface area contributed by atoms with Crippen LogP contribution in [0.4, 0.5) is 8.78 Å². The second-order valence-corrected chi connectivity index (χ2v) is 7.59. The first-order valence-corrected chi connectivity index (χ1v) is 9.53. The molecule has 3 rings (SSSR count). The molecular weight excluding hydrogens is 322 g/mol. The first-order chi connectivity index (χ1) is 12.1. The number of amides is 1. The Balaban J connectivity index is 1.59. The van der Waals surface area contributed by atoms with Crippen LogP contribution in [0.3, 0.4) is 0 Å². The summed E-state index contributed by atoms with van der Waals surface area (Å²) in [6.45, 7) is 2.39. The van der Waals surface area contributed by atoms with Crippen molar-refractivity contribution in [3.8, 4) is 0 Å². The van der Waals surface area contributed by atoms with Gasteiger partial charge in [0.05, 0.1) is 0 Å². The highest BCUT2D eigenvalue weighted by atomic mass is 19.1. The highest BCUT2D eigenvalue weighted by molar-refractivity contribution is 5.76. The monoisotopic (exact) mass is 350 g/mol. The lowest BCUT2D eigenvalue weighted by atomic mass is 9.78. The summed E-state index contributed by atoms with van der Waals surface area (Å²) >= 11 is 0. The maximum absolute atomic E-state index is 14.3. The molecule has 1 saturated heterocycles. The van der Waals surface area contributed by atoms with Crippen LogP contribution in [0.25, 0.3) is 0 Å². The van der Waals surface area contributed by atoms with Crippen LogP contribution in [0.1, 0.15) is 56.9 Å². The molecule has 1 aliphatic carbocycles. The van der Waals surface area contributed by atoms with E-state index in [1.165, 1.54) is 18.2 Å². The average molecular weight is 350 g/mol. The lowest BCUT2D eigenvalue weighted by molar-refractivity contribution is -0.121. The van der Waals surface area contributed by atoms with E-state index in [1.54, 1.807) is 0 Å². The zero-order valence-electron chi connectivity index (χ0n) is 14.8. The van der Waals surface area contributed by atoms with Gasteiger partial charge < -0.3 is 10.6 Å². The molecule has 0 aromatic heterocycles. The van der Waals surface area contributed by atoms with Gasteiger partial charge >= 0.3 is 0 Å². The molecule has 2 aliphatic rings.